The molecule has 2 aliphatic heterocycles. The molecule has 5 rings (SSSR count). The molecular formula is C25H28N2O3S. The third kappa shape index (κ3) is 4.19. The number of aryl methyl sites for hydroxylation is 1. The maximum absolute atomic E-state index is 12.7. The van der Waals surface area contributed by atoms with E-state index in [0.29, 0.717) is 13.2 Å². The Kier molecular flexibility index (Phi) is 5.22. The van der Waals surface area contributed by atoms with Gasteiger partial charge in [-0.25, -0.2) is 4.98 Å². The maximum atomic E-state index is 12.7. The molecule has 0 aliphatic carbocycles. The fraction of sp³-hybridized carbons (Fsp3) is 0.440. The first-order valence-corrected chi connectivity index (χ1v) is 11.8. The monoisotopic (exact) mass is 436 g/mol. The fourth-order valence-electron chi connectivity index (χ4n) is 4.67. The second-order valence-electron chi connectivity index (χ2n) is 9.27. The van der Waals surface area contributed by atoms with Crippen LogP contribution in [-0.4, -0.2) is 35.7 Å². The van der Waals surface area contributed by atoms with Gasteiger partial charge >= 0.3 is 0 Å². The highest BCUT2D eigenvalue weighted by molar-refractivity contribution is 7.21. The van der Waals surface area contributed by atoms with Crippen LogP contribution in [0, 0.1) is 12.8 Å². The predicted octanol–water partition coefficient (Wildman–Crippen LogP) is 4.90. The van der Waals surface area contributed by atoms with Crippen LogP contribution >= 0.6 is 11.3 Å². The highest BCUT2D eigenvalue weighted by Crippen LogP contribution is 2.42. The summed E-state index contributed by atoms with van der Waals surface area (Å²) in [5, 5.41) is 4.11. The van der Waals surface area contributed by atoms with Crippen LogP contribution in [0.5, 0.6) is 5.75 Å². The fourth-order valence-corrected chi connectivity index (χ4v) is 5.65. The van der Waals surface area contributed by atoms with E-state index in [1.165, 1.54) is 15.8 Å². The van der Waals surface area contributed by atoms with Gasteiger partial charge in [0, 0.05) is 18.9 Å². The number of carbonyl (C=O) groups excluding carboxylic acids is 1. The lowest BCUT2D eigenvalue weighted by atomic mass is 9.88. The molecule has 0 spiro atoms. The van der Waals surface area contributed by atoms with Crippen molar-refractivity contribution in [2.45, 2.75) is 51.7 Å². The van der Waals surface area contributed by atoms with Gasteiger partial charge in [0.1, 0.15) is 16.9 Å². The molecule has 0 radical (unpaired) electrons. The van der Waals surface area contributed by atoms with Gasteiger partial charge < -0.3 is 14.8 Å². The topological polar surface area (TPSA) is 60.5 Å². The Hall–Kier alpha value is -2.44. The number of para-hydroxylation sites is 1. The highest BCUT2D eigenvalue weighted by Gasteiger charge is 2.34. The van der Waals surface area contributed by atoms with Crippen LogP contribution in [0.15, 0.2) is 36.4 Å². The SMILES string of the molecule is Cc1cc2c(c(-c3nc4ccccc4s3)c1)O[C@H](CNC(=O)[C@@H]1CCOC(C)(C)C1)C2. The third-order valence-corrected chi connectivity index (χ3v) is 7.21. The molecule has 1 aromatic heterocycles. The smallest absolute Gasteiger partial charge is 0.223 e. The molecule has 162 valence electrons. The van der Waals surface area contributed by atoms with Crippen LogP contribution in [0.1, 0.15) is 37.8 Å². The first-order chi connectivity index (χ1) is 14.9. The number of amides is 1. The number of benzene rings is 2. The number of hydrogen-bond acceptors (Lipinski definition) is 5. The Morgan fingerprint density at radius 3 is 2.94 bits per heavy atom. The molecule has 1 amide bonds. The lowest BCUT2D eigenvalue weighted by molar-refractivity contribution is -0.135. The van der Waals surface area contributed by atoms with Gasteiger partial charge in [-0.2, -0.15) is 0 Å². The number of nitrogens with one attached hydrogen (secondary N) is 1. The maximum Gasteiger partial charge on any atom is 0.223 e. The van der Waals surface area contributed by atoms with Gasteiger partial charge in [-0.3, -0.25) is 4.79 Å². The van der Waals surface area contributed by atoms with Crippen molar-refractivity contribution in [3.63, 3.8) is 0 Å². The van der Waals surface area contributed by atoms with Crippen molar-refractivity contribution < 1.29 is 14.3 Å². The Morgan fingerprint density at radius 2 is 2.13 bits per heavy atom. The molecule has 2 aliphatic rings. The van der Waals surface area contributed by atoms with Crippen LogP contribution < -0.4 is 10.1 Å². The number of carbonyl (C=O) groups is 1. The lowest BCUT2D eigenvalue weighted by Gasteiger charge is -2.34. The summed E-state index contributed by atoms with van der Waals surface area (Å²) in [6.45, 7) is 7.37. The van der Waals surface area contributed by atoms with E-state index in [1.54, 1.807) is 11.3 Å². The number of fused-ring (bicyclic) bond motifs is 2. The number of thiazole rings is 1. The average Bonchev–Trinajstić information content (AvgIpc) is 3.34. The third-order valence-electron chi connectivity index (χ3n) is 6.14. The van der Waals surface area contributed by atoms with Crippen molar-refractivity contribution in [3.05, 3.63) is 47.5 Å². The number of aromatic nitrogens is 1. The minimum atomic E-state index is -0.232. The zero-order valence-corrected chi connectivity index (χ0v) is 19.1. The summed E-state index contributed by atoms with van der Waals surface area (Å²) in [6, 6.07) is 12.5. The van der Waals surface area contributed by atoms with E-state index in [1.807, 2.05) is 18.2 Å². The van der Waals surface area contributed by atoms with Gasteiger partial charge in [0.05, 0.1) is 27.9 Å². The van der Waals surface area contributed by atoms with Crippen molar-refractivity contribution in [3.8, 4) is 16.3 Å². The van der Waals surface area contributed by atoms with Gasteiger partial charge in [0.25, 0.3) is 0 Å². The molecule has 31 heavy (non-hydrogen) atoms. The molecule has 5 nitrogen and oxygen atoms in total. The Bertz CT molecular complexity index is 1100. The molecule has 1 saturated heterocycles. The van der Waals surface area contributed by atoms with Crippen molar-refractivity contribution in [1.29, 1.82) is 0 Å². The summed E-state index contributed by atoms with van der Waals surface area (Å²) >= 11 is 1.69. The normalized spacial score (nSPS) is 22.2. The van der Waals surface area contributed by atoms with Crippen molar-refractivity contribution in [1.82, 2.24) is 10.3 Å². The average molecular weight is 437 g/mol. The van der Waals surface area contributed by atoms with Crippen LogP contribution in [0.3, 0.4) is 0 Å². The van der Waals surface area contributed by atoms with Crippen molar-refractivity contribution in [2.75, 3.05) is 13.2 Å². The van der Waals surface area contributed by atoms with Crippen molar-refractivity contribution >= 4 is 27.5 Å². The zero-order chi connectivity index (χ0) is 21.6. The molecule has 3 heterocycles. The quantitative estimate of drug-likeness (QED) is 0.632. The molecule has 2 atom stereocenters. The first-order valence-electron chi connectivity index (χ1n) is 11.0. The zero-order valence-electron chi connectivity index (χ0n) is 18.2. The van der Waals surface area contributed by atoms with Gasteiger partial charge in [0.2, 0.25) is 5.91 Å². The minimum Gasteiger partial charge on any atom is -0.487 e. The first kappa shape index (κ1) is 20.5. The van der Waals surface area contributed by atoms with Crippen LogP contribution in [-0.2, 0) is 16.0 Å². The summed E-state index contributed by atoms with van der Waals surface area (Å²) in [4.78, 5) is 17.6. The number of hydrogen-bond donors (Lipinski definition) is 1. The lowest BCUT2D eigenvalue weighted by Crippen LogP contribution is -2.43. The van der Waals surface area contributed by atoms with E-state index in [0.717, 1.165) is 41.1 Å². The van der Waals surface area contributed by atoms with Gasteiger partial charge in [-0.05, 0) is 62.9 Å². The highest BCUT2D eigenvalue weighted by atomic mass is 32.1. The van der Waals surface area contributed by atoms with Gasteiger partial charge in [-0.1, -0.05) is 18.2 Å². The number of nitrogens with zero attached hydrogens (tertiary/aromatic N) is 1. The van der Waals surface area contributed by atoms with Crippen molar-refractivity contribution in [2.24, 2.45) is 5.92 Å². The molecule has 6 heteroatoms. The number of rotatable bonds is 4. The Morgan fingerprint density at radius 1 is 1.29 bits per heavy atom. The Labute approximate surface area is 186 Å². The minimum absolute atomic E-state index is 0.00748. The standard InChI is InChI=1S/C25H28N2O3S/c1-15-10-17-12-18(14-26-23(28)16-8-9-29-25(2,3)13-16)30-22(17)19(11-15)24-27-20-6-4-5-7-21(20)31-24/h4-7,10-11,16,18H,8-9,12-14H2,1-3H3,(H,26,28)/t16-,18+/m1/s1. The molecule has 2 aromatic carbocycles. The van der Waals surface area contributed by atoms with Crippen LogP contribution in [0.4, 0.5) is 0 Å². The molecule has 0 bridgehead atoms. The van der Waals surface area contributed by atoms with Gasteiger partial charge in [-0.15, -0.1) is 11.3 Å². The largest absolute Gasteiger partial charge is 0.487 e. The molecule has 1 N–H and O–H groups in total. The van der Waals surface area contributed by atoms with E-state index in [-0.39, 0.29) is 23.5 Å². The summed E-state index contributed by atoms with van der Waals surface area (Å²) < 4.78 is 13.3. The van der Waals surface area contributed by atoms with E-state index in [9.17, 15) is 4.79 Å². The van der Waals surface area contributed by atoms with Crippen LogP contribution in [0.2, 0.25) is 0 Å². The molecule has 1 fully saturated rings. The number of ether oxygens (including phenoxy) is 2. The van der Waals surface area contributed by atoms with E-state index in [4.69, 9.17) is 14.5 Å². The molecule has 0 unspecified atom stereocenters. The summed E-state index contributed by atoms with van der Waals surface area (Å²) in [6.07, 6.45) is 2.28. The van der Waals surface area contributed by atoms with E-state index in [2.05, 4.69) is 44.3 Å². The summed E-state index contributed by atoms with van der Waals surface area (Å²) in [7, 11) is 0. The molecule has 3 aromatic rings. The Balaban J connectivity index is 1.30. The summed E-state index contributed by atoms with van der Waals surface area (Å²) in [5.41, 5.74) is 4.23. The summed E-state index contributed by atoms with van der Waals surface area (Å²) in [5.74, 6) is 1.03. The molecular weight excluding hydrogens is 408 g/mol. The second-order valence-corrected chi connectivity index (χ2v) is 10.3. The van der Waals surface area contributed by atoms with Gasteiger partial charge in [0.15, 0.2) is 0 Å². The molecule has 0 saturated carbocycles. The van der Waals surface area contributed by atoms with E-state index >= 15 is 0 Å². The van der Waals surface area contributed by atoms with E-state index < -0.39 is 0 Å². The second kappa shape index (κ2) is 7.92. The predicted molar refractivity (Wildman–Crippen MR) is 124 cm³/mol. The van der Waals surface area contributed by atoms with Crippen LogP contribution in [0.25, 0.3) is 20.8 Å².